The summed E-state index contributed by atoms with van der Waals surface area (Å²) in [6.07, 6.45) is 7.18. The second-order valence-corrected chi connectivity index (χ2v) is 3.60. The van der Waals surface area contributed by atoms with E-state index in [1.54, 1.807) is 0 Å². The van der Waals surface area contributed by atoms with Gasteiger partial charge in [-0.3, -0.25) is 4.90 Å². The maximum atomic E-state index is 5.70. The van der Waals surface area contributed by atoms with Gasteiger partial charge in [0.05, 0.1) is 0 Å². The Morgan fingerprint density at radius 3 is 2.73 bits per heavy atom. The van der Waals surface area contributed by atoms with Gasteiger partial charge in [0, 0.05) is 11.7 Å². The average Bonchev–Trinajstić information content (AvgIpc) is 1.90. The van der Waals surface area contributed by atoms with Crippen molar-refractivity contribution in [3.8, 4) is 0 Å². The zero-order valence-corrected chi connectivity index (χ0v) is 6.92. The fraction of sp³-hybridized carbons (Fsp3) is 0.778. The fourth-order valence-corrected chi connectivity index (χ4v) is 1.88. The molecule has 0 amide bonds. The van der Waals surface area contributed by atoms with Gasteiger partial charge in [-0.05, 0) is 38.8 Å². The summed E-state index contributed by atoms with van der Waals surface area (Å²) in [6, 6.07) is 0.816. The molecule has 2 aliphatic rings. The lowest BCUT2D eigenvalue weighted by Crippen LogP contribution is -2.45. The molecule has 11 heavy (non-hydrogen) atoms. The quantitative estimate of drug-likeness (QED) is 0.609. The fourth-order valence-electron chi connectivity index (χ4n) is 1.88. The summed E-state index contributed by atoms with van der Waals surface area (Å²) in [4.78, 5) is 2.57. The van der Waals surface area contributed by atoms with Crippen LogP contribution in [0.5, 0.6) is 0 Å². The number of hydrogen-bond acceptors (Lipinski definition) is 2. The molecule has 0 aromatic rings. The molecule has 2 rings (SSSR count). The summed E-state index contributed by atoms with van der Waals surface area (Å²) in [7, 11) is 0. The van der Waals surface area contributed by atoms with E-state index in [4.69, 9.17) is 5.73 Å². The minimum Gasteiger partial charge on any atom is -0.402 e. The molecule has 1 atom stereocenters. The van der Waals surface area contributed by atoms with Gasteiger partial charge in [-0.15, -0.1) is 0 Å². The van der Waals surface area contributed by atoms with E-state index in [0.29, 0.717) is 0 Å². The highest BCUT2D eigenvalue weighted by molar-refractivity contribution is 5.04. The molecular weight excluding hydrogens is 136 g/mol. The molecular formula is C9H16N2. The van der Waals surface area contributed by atoms with Crippen LogP contribution in [0.15, 0.2) is 11.8 Å². The molecule has 2 N–H and O–H groups in total. The first kappa shape index (κ1) is 7.17. The third-order valence-electron chi connectivity index (χ3n) is 2.83. The van der Waals surface area contributed by atoms with Gasteiger partial charge in [0.25, 0.3) is 0 Å². The van der Waals surface area contributed by atoms with E-state index in [1.165, 1.54) is 32.4 Å². The second-order valence-electron chi connectivity index (χ2n) is 3.60. The van der Waals surface area contributed by atoms with Crippen LogP contribution < -0.4 is 5.73 Å². The van der Waals surface area contributed by atoms with Crippen LogP contribution in [0.4, 0.5) is 0 Å². The first-order valence-electron chi connectivity index (χ1n) is 4.55. The first-order valence-corrected chi connectivity index (χ1v) is 4.55. The van der Waals surface area contributed by atoms with Crippen molar-refractivity contribution >= 4 is 0 Å². The maximum absolute atomic E-state index is 5.70. The summed E-state index contributed by atoms with van der Waals surface area (Å²) in [5.41, 5.74) is 6.80. The molecule has 1 heterocycles. The van der Waals surface area contributed by atoms with Crippen LogP contribution in [0.25, 0.3) is 0 Å². The van der Waals surface area contributed by atoms with Gasteiger partial charge in [-0.25, -0.2) is 0 Å². The predicted molar refractivity (Wildman–Crippen MR) is 46.1 cm³/mol. The highest BCUT2D eigenvalue weighted by Crippen LogP contribution is 2.23. The smallest absolute Gasteiger partial charge is 0.0134 e. The maximum Gasteiger partial charge on any atom is 0.0134 e. The van der Waals surface area contributed by atoms with Crippen LogP contribution >= 0.6 is 0 Å². The van der Waals surface area contributed by atoms with Crippen molar-refractivity contribution in [2.45, 2.75) is 31.7 Å². The Hall–Kier alpha value is -0.500. The normalized spacial score (nSPS) is 32.7. The number of likely N-dealkylation sites (tertiary alicyclic amines) is 1. The van der Waals surface area contributed by atoms with Crippen molar-refractivity contribution in [1.82, 2.24) is 4.90 Å². The lowest BCUT2D eigenvalue weighted by Gasteiger charge is -2.39. The van der Waals surface area contributed by atoms with Crippen molar-refractivity contribution in [3.05, 3.63) is 11.8 Å². The molecule has 0 bridgehead atoms. The number of allylic oxidation sites excluding steroid dienone is 1. The van der Waals surface area contributed by atoms with Crippen LogP contribution in [-0.2, 0) is 0 Å². The molecule has 1 aliphatic heterocycles. The van der Waals surface area contributed by atoms with Gasteiger partial charge >= 0.3 is 0 Å². The van der Waals surface area contributed by atoms with Gasteiger partial charge < -0.3 is 5.73 Å². The third-order valence-corrected chi connectivity index (χ3v) is 2.83. The van der Waals surface area contributed by atoms with Gasteiger partial charge in [0.1, 0.15) is 0 Å². The molecule has 1 saturated heterocycles. The molecule has 1 unspecified atom stereocenters. The molecule has 0 aromatic heterocycles. The number of rotatable bonds is 1. The number of nitrogens with zero attached hydrogens (tertiary/aromatic N) is 1. The summed E-state index contributed by atoms with van der Waals surface area (Å²) >= 11 is 0. The van der Waals surface area contributed by atoms with Crippen LogP contribution in [0.3, 0.4) is 0 Å². The van der Waals surface area contributed by atoms with Crippen molar-refractivity contribution in [2.75, 3.05) is 13.1 Å². The Kier molecular flexibility index (Phi) is 1.86. The zero-order chi connectivity index (χ0) is 7.68. The van der Waals surface area contributed by atoms with Gasteiger partial charge in [-0.2, -0.15) is 0 Å². The summed E-state index contributed by atoms with van der Waals surface area (Å²) in [5.74, 6) is 0. The number of nitrogens with two attached hydrogens (primary N) is 1. The molecule has 62 valence electrons. The van der Waals surface area contributed by atoms with Crippen LogP contribution in [0, 0.1) is 0 Å². The highest BCUT2D eigenvalue weighted by Gasteiger charge is 2.24. The van der Waals surface area contributed by atoms with Gasteiger partial charge in [0.15, 0.2) is 0 Å². The van der Waals surface area contributed by atoms with Crippen molar-refractivity contribution in [3.63, 3.8) is 0 Å². The van der Waals surface area contributed by atoms with Crippen molar-refractivity contribution in [2.24, 2.45) is 5.73 Å². The van der Waals surface area contributed by atoms with Crippen molar-refractivity contribution in [1.29, 1.82) is 0 Å². The average molecular weight is 152 g/mol. The van der Waals surface area contributed by atoms with E-state index in [-0.39, 0.29) is 0 Å². The molecule has 1 aliphatic carbocycles. The predicted octanol–water partition coefficient (Wildman–Crippen LogP) is 1.09. The highest BCUT2D eigenvalue weighted by atomic mass is 15.2. The summed E-state index contributed by atoms with van der Waals surface area (Å²) in [6.45, 7) is 2.64. The van der Waals surface area contributed by atoms with E-state index in [0.717, 1.165) is 18.2 Å². The van der Waals surface area contributed by atoms with Gasteiger partial charge in [-0.1, -0.05) is 6.08 Å². The molecule has 0 radical (unpaired) electrons. The lowest BCUT2D eigenvalue weighted by molar-refractivity contribution is 0.109. The van der Waals surface area contributed by atoms with E-state index in [9.17, 15) is 0 Å². The minimum absolute atomic E-state index is 0.816. The lowest BCUT2D eigenvalue weighted by atomic mass is 9.96. The van der Waals surface area contributed by atoms with Crippen LogP contribution in [0.2, 0.25) is 0 Å². The van der Waals surface area contributed by atoms with Crippen LogP contribution in [0.1, 0.15) is 25.7 Å². The Balaban J connectivity index is 1.87. The molecule has 2 heteroatoms. The molecule has 0 aromatic carbocycles. The Morgan fingerprint density at radius 1 is 1.45 bits per heavy atom. The minimum atomic E-state index is 0.816. The van der Waals surface area contributed by atoms with E-state index in [1.807, 2.05) is 0 Å². The third kappa shape index (κ3) is 1.41. The van der Waals surface area contributed by atoms with Crippen LogP contribution in [-0.4, -0.2) is 24.0 Å². The zero-order valence-electron chi connectivity index (χ0n) is 6.92. The topological polar surface area (TPSA) is 29.3 Å². The largest absolute Gasteiger partial charge is 0.402 e. The summed E-state index contributed by atoms with van der Waals surface area (Å²) in [5, 5.41) is 0. The molecule has 1 fully saturated rings. The summed E-state index contributed by atoms with van der Waals surface area (Å²) < 4.78 is 0. The van der Waals surface area contributed by atoms with E-state index >= 15 is 0 Å². The first-order chi connectivity index (χ1) is 5.36. The Morgan fingerprint density at radius 2 is 2.27 bits per heavy atom. The molecule has 0 saturated carbocycles. The van der Waals surface area contributed by atoms with Crippen molar-refractivity contribution < 1.29 is 0 Å². The second kappa shape index (κ2) is 2.86. The standard InChI is InChI=1S/C9H16N2/c10-8-2-4-9(5-3-8)11-6-1-7-11/h2,9H,1,3-7,10H2. The van der Waals surface area contributed by atoms with E-state index in [2.05, 4.69) is 11.0 Å². The monoisotopic (exact) mass is 152 g/mol. The van der Waals surface area contributed by atoms with Gasteiger partial charge in [0.2, 0.25) is 0 Å². The Bertz CT molecular complexity index is 170. The molecule has 2 nitrogen and oxygen atoms in total. The SMILES string of the molecule is NC1=CCC(N2CCC2)CC1. The van der Waals surface area contributed by atoms with E-state index < -0.39 is 0 Å². The molecule has 0 spiro atoms. The number of hydrogen-bond donors (Lipinski definition) is 1. The Labute approximate surface area is 68.1 Å².